The second kappa shape index (κ2) is 5.67. The van der Waals surface area contributed by atoms with E-state index in [1.807, 2.05) is 30.3 Å². The monoisotopic (exact) mass is 271 g/mol. The van der Waals surface area contributed by atoms with Gasteiger partial charge in [-0.2, -0.15) is 0 Å². The van der Waals surface area contributed by atoms with Gasteiger partial charge < -0.3 is 16.2 Å². The minimum Gasteiger partial charge on any atom is -0.399 e. The zero-order valence-corrected chi connectivity index (χ0v) is 11.5. The predicted octanol–water partition coefficient (Wildman–Crippen LogP) is 2.78. The van der Waals surface area contributed by atoms with E-state index in [1.54, 1.807) is 0 Å². The van der Waals surface area contributed by atoms with Crippen molar-refractivity contribution in [3.05, 3.63) is 30.3 Å². The number of aromatic nitrogens is 1. The van der Waals surface area contributed by atoms with Crippen molar-refractivity contribution in [2.45, 2.75) is 31.8 Å². The van der Waals surface area contributed by atoms with Gasteiger partial charge in [-0.15, -0.1) is 0 Å². The summed E-state index contributed by atoms with van der Waals surface area (Å²) in [5.41, 5.74) is 7.49. The maximum absolute atomic E-state index is 9.51. The van der Waals surface area contributed by atoms with Gasteiger partial charge in [-0.05, 0) is 61.9 Å². The predicted molar refractivity (Wildman–Crippen MR) is 82.6 cm³/mol. The van der Waals surface area contributed by atoms with Gasteiger partial charge in [-0.25, -0.2) is 4.98 Å². The number of nitrogens with one attached hydrogen (secondary N) is 1. The summed E-state index contributed by atoms with van der Waals surface area (Å²) in [5.74, 6) is 1.55. The number of nitrogen functional groups attached to an aromatic ring is 1. The summed E-state index contributed by atoms with van der Waals surface area (Å²) in [5, 5.41) is 14.0. The molecule has 0 unspecified atom stereocenters. The number of rotatable bonds is 3. The molecule has 0 bridgehead atoms. The SMILES string of the molecule is Nc1ccc2nc(NCC3CCC(O)CC3)ccc2c1. The third kappa shape index (κ3) is 3.02. The molecule has 20 heavy (non-hydrogen) atoms. The number of hydrogen-bond donors (Lipinski definition) is 3. The lowest BCUT2D eigenvalue weighted by molar-refractivity contribution is 0.111. The topological polar surface area (TPSA) is 71.2 Å². The fourth-order valence-corrected chi connectivity index (χ4v) is 2.84. The number of aliphatic hydroxyl groups excluding tert-OH is 1. The molecule has 4 heteroatoms. The molecule has 1 aromatic heterocycles. The van der Waals surface area contributed by atoms with Crippen molar-refractivity contribution in [2.75, 3.05) is 17.6 Å². The van der Waals surface area contributed by atoms with Gasteiger partial charge in [0.1, 0.15) is 5.82 Å². The molecule has 4 nitrogen and oxygen atoms in total. The van der Waals surface area contributed by atoms with E-state index >= 15 is 0 Å². The molecule has 0 radical (unpaired) electrons. The highest BCUT2D eigenvalue weighted by Crippen LogP contribution is 2.25. The van der Waals surface area contributed by atoms with Crippen LogP contribution in [0.1, 0.15) is 25.7 Å². The summed E-state index contributed by atoms with van der Waals surface area (Å²) in [6.45, 7) is 0.931. The van der Waals surface area contributed by atoms with Crippen molar-refractivity contribution >= 4 is 22.4 Å². The maximum Gasteiger partial charge on any atom is 0.126 e. The quantitative estimate of drug-likeness (QED) is 0.751. The third-order valence-corrected chi connectivity index (χ3v) is 4.10. The van der Waals surface area contributed by atoms with Gasteiger partial charge in [0.05, 0.1) is 11.6 Å². The largest absolute Gasteiger partial charge is 0.399 e. The van der Waals surface area contributed by atoms with Gasteiger partial charge in [0.2, 0.25) is 0 Å². The van der Waals surface area contributed by atoms with Crippen molar-refractivity contribution in [3.63, 3.8) is 0 Å². The van der Waals surface area contributed by atoms with Crippen LogP contribution in [-0.4, -0.2) is 22.7 Å². The van der Waals surface area contributed by atoms with Crippen LogP contribution in [0.4, 0.5) is 11.5 Å². The van der Waals surface area contributed by atoms with E-state index in [-0.39, 0.29) is 6.10 Å². The average molecular weight is 271 g/mol. The average Bonchev–Trinajstić information content (AvgIpc) is 2.46. The van der Waals surface area contributed by atoms with Gasteiger partial charge in [0, 0.05) is 17.6 Å². The van der Waals surface area contributed by atoms with Crippen LogP contribution < -0.4 is 11.1 Å². The number of anilines is 2. The van der Waals surface area contributed by atoms with Gasteiger partial charge in [-0.3, -0.25) is 0 Å². The fraction of sp³-hybridized carbons (Fsp3) is 0.438. The van der Waals surface area contributed by atoms with Crippen LogP contribution in [0.2, 0.25) is 0 Å². The number of fused-ring (bicyclic) bond motifs is 1. The Morgan fingerprint density at radius 1 is 1.15 bits per heavy atom. The van der Waals surface area contributed by atoms with Crippen LogP contribution in [0.15, 0.2) is 30.3 Å². The smallest absolute Gasteiger partial charge is 0.126 e. The van der Waals surface area contributed by atoms with E-state index < -0.39 is 0 Å². The lowest BCUT2D eigenvalue weighted by Gasteiger charge is -2.25. The van der Waals surface area contributed by atoms with E-state index in [2.05, 4.69) is 10.3 Å². The molecule has 2 aromatic rings. The first-order valence-electron chi connectivity index (χ1n) is 7.29. The second-order valence-corrected chi connectivity index (χ2v) is 5.70. The molecule has 0 amide bonds. The third-order valence-electron chi connectivity index (χ3n) is 4.10. The molecular weight excluding hydrogens is 250 g/mol. The molecular formula is C16H21N3O. The van der Waals surface area contributed by atoms with E-state index in [9.17, 15) is 5.11 Å². The van der Waals surface area contributed by atoms with Crippen molar-refractivity contribution < 1.29 is 5.11 Å². The molecule has 3 rings (SSSR count). The Bertz CT molecular complexity index is 591. The highest BCUT2D eigenvalue weighted by Gasteiger charge is 2.19. The summed E-state index contributed by atoms with van der Waals surface area (Å²) < 4.78 is 0. The lowest BCUT2D eigenvalue weighted by atomic mass is 9.87. The molecule has 0 spiro atoms. The van der Waals surface area contributed by atoms with E-state index in [0.29, 0.717) is 5.92 Å². The Labute approximate surface area is 119 Å². The molecule has 0 atom stereocenters. The zero-order chi connectivity index (χ0) is 13.9. The van der Waals surface area contributed by atoms with Gasteiger partial charge >= 0.3 is 0 Å². The van der Waals surface area contributed by atoms with Crippen LogP contribution >= 0.6 is 0 Å². The Morgan fingerprint density at radius 2 is 1.95 bits per heavy atom. The first-order chi connectivity index (χ1) is 9.70. The number of aliphatic hydroxyl groups is 1. The summed E-state index contributed by atoms with van der Waals surface area (Å²) in [4.78, 5) is 4.60. The van der Waals surface area contributed by atoms with E-state index in [0.717, 1.165) is 54.6 Å². The molecule has 4 N–H and O–H groups in total. The van der Waals surface area contributed by atoms with Crippen LogP contribution in [0.3, 0.4) is 0 Å². The summed E-state index contributed by atoms with van der Waals surface area (Å²) in [7, 11) is 0. The summed E-state index contributed by atoms with van der Waals surface area (Å²) in [6, 6.07) is 9.81. The molecule has 1 heterocycles. The molecule has 1 aliphatic carbocycles. The van der Waals surface area contributed by atoms with Crippen molar-refractivity contribution in [1.29, 1.82) is 0 Å². The number of nitrogens with zero attached hydrogens (tertiary/aromatic N) is 1. The van der Waals surface area contributed by atoms with E-state index in [1.165, 1.54) is 0 Å². The van der Waals surface area contributed by atoms with Gasteiger partial charge in [-0.1, -0.05) is 0 Å². The molecule has 106 valence electrons. The van der Waals surface area contributed by atoms with Crippen LogP contribution in [0.25, 0.3) is 10.9 Å². The highest BCUT2D eigenvalue weighted by atomic mass is 16.3. The number of hydrogen-bond acceptors (Lipinski definition) is 4. The first kappa shape index (κ1) is 13.2. The second-order valence-electron chi connectivity index (χ2n) is 5.70. The number of pyridine rings is 1. The Balaban J connectivity index is 1.64. The van der Waals surface area contributed by atoms with Crippen molar-refractivity contribution in [1.82, 2.24) is 4.98 Å². The minimum atomic E-state index is -0.0875. The Hall–Kier alpha value is -1.81. The van der Waals surface area contributed by atoms with Crippen molar-refractivity contribution in [2.24, 2.45) is 5.92 Å². The minimum absolute atomic E-state index is 0.0875. The molecule has 1 aliphatic rings. The molecule has 0 aliphatic heterocycles. The van der Waals surface area contributed by atoms with Gasteiger partial charge in [0.25, 0.3) is 0 Å². The van der Waals surface area contributed by atoms with E-state index in [4.69, 9.17) is 5.73 Å². The Kier molecular flexibility index (Phi) is 3.74. The standard InChI is InChI=1S/C16H21N3O/c17-13-4-7-15-12(9-13)3-8-16(19-15)18-10-11-1-5-14(20)6-2-11/h3-4,7-9,11,14,20H,1-2,5-6,10,17H2,(H,18,19). The van der Waals surface area contributed by atoms with Crippen LogP contribution in [0.5, 0.6) is 0 Å². The zero-order valence-electron chi connectivity index (χ0n) is 11.5. The number of nitrogens with two attached hydrogens (primary N) is 1. The molecule has 0 saturated heterocycles. The molecule has 1 saturated carbocycles. The van der Waals surface area contributed by atoms with Crippen LogP contribution in [0, 0.1) is 5.92 Å². The first-order valence-corrected chi connectivity index (χ1v) is 7.29. The van der Waals surface area contributed by atoms with Crippen LogP contribution in [-0.2, 0) is 0 Å². The highest BCUT2D eigenvalue weighted by molar-refractivity contribution is 5.83. The molecule has 1 fully saturated rings. The number of benzene rings is 1. The fourth-order valence-electron chi connectivity index (χ4n) is 2.84. The lowest BCUT2D eigenvalue weighted by Crippen LogP contribution is -2.23. The normalized spacial score (nSPS) is 22.9. The maximum atomic E-state index is 9.51. The summed E-state index contributed by atoms with van der Waals surface area (Å²) in [6.07, 6.45) is 3.96. The van der Waals surface area contributed by atoms with Gasteiger partial charge in [0.15, 0.2) is 0 Å². The van der Waals surface area contributed by atoms with Crippen molar-refractivity contribution in [3.8, 4) is 0 Å². The molecule has 1 aromatic carbocycles. The summed E-state index contributed by atoms with van der Waals surface area (Å²) >= 11 is 0. The Morgan fingerprint density at radius 3 is 2.75 bits per heavy atom.